The Hall–Kier alpha value is -0.830. The Kier molecular flexibility index (Phi) is 6.56. The Bertz CT molecular complexity index is 411. The van der Waals surface area contributed by atoms with E-state index in [1.165, 1.54) is 0 Å². The zero-order chi connectivity index (χ0) is 14.4. The van der Waals surface area contributed by atoms with Gasteiger partial charge in [-0.25, -0.2) is 0 Å². The van der Waals surface area contributed by atoms with Gasteiger partial charge < -0.3 is 9.26 Å². The molecule has 4 nitrogen and oxygen atoms in total. The second-order valence-corrected chi connectivity index (χ2v) is 6.25. The molecule has 0 bridgehead atoms. The van der Waals surface area contributed by atoms with Crippen molar-refractivity contribution in [2.75, 3.05) is 6.66 Å². The summed E-state index contributed by atoms with van der Waals surface area (Å²) < 4.78 is 10.8. The highest BCUT2D eigenvalue weighted by atomic mass is 35.5. The van der Waals surface area contributed by atoms with Gasteiger partial charge in [-0.15, -0.1) is 0 Å². The Balaban J connectivity index is 2.44. The van der Waals surface area contributed by atoms with Crippen LogP contribution in [-0.2, 0) is 9.53 Å². The lowest BCUT2D eigenvalue weighted by atomic mass is 10.3. The molecule has 6 heteroatoms. The lowest BCUT2D eigenvalue weighted by molar-refractivity contribution is -0.148. The van der Waals surface area contributed by atoms with Gasteiger partial charge in [-0.2, -0.15) is 0 Å². The molecule has 1 rings (SSSR count). The maximum absolute atomic E-state index is 11.6. The van der Waals surface area contributed by atoms with Crippen molar-refractivity contribution in [1.82, 2.24) is 5.09 Å². The normalized spacial score (nSPS) is 14.0. The molecule has 0 aliphatic carbocycles. The van der Waals surface area contributed by atoms with Gasteiger partial charge >= 0.3 is 5.97 Å². The average Bonchev–Trinajstić information content (AvgIpc) is 2.31. The smallest absolute Gasteiger partial charge is 0.323 e. The number of esters is 1. The highest BCUT2D eigenvalue weighted by Crippen LogP contribution is 2.31. The number of hydrogen-bond donors (Lipinski definition) is 1. The molecule has 19 heavy (non-hydrogen) atoms. The molecule has 0 saturated heterocycles. The third kappa shape index (κ3) is 6.24. The van der Waals surface area contributed by atoms with Crippen LogP contribution in [0.5, 0.6) is 5.75 Å². The predicted molar refractivity (Wildman–Crippen MR) is 78.7 cm³/mol. The fraction of sp³-hybridized carbons (Fsp3) is 0.462. The van der Waals surface area contributed by atoms with E-state index < -0.39 is 14.3 Å². The van der Waals surface area contributed by atoms with Gasteiger partial charge in [0.2, 0.25) is 0 Å². The van der Waals surface area contributed by atoms with Crippen LogP contribution >= 0.6 is 19.9 Å². The molecule has 0 heterocycles. The highest BCUT2D eigenvalue weighted by molar-refractivity contribution is 7.49. The van der Waals surface area contributed by atoms with Crippen molar-refractivity contribution in [3.05, 3.63) is 29.3 Å². The molecule has 0 radical (unpaired) electrons. The molecule has 0 amide bonds. The first kappa shape index (κ1) is 16.2. The van der Waals surface area contributed by atoms with Crippen molar-refractivity contribution in [1.29, 1.82) is 0 Å². The van der Waals surface area contributed by atoms with Gasteiger partial charge in [-0.05, 0) is 45.0 Å². The van der Waals surface area contributed by atoms with Crippen LogP contribution in [0.25, 0.3) is 0 Å². The molecule has 0 spiro atoms. The van der Waals surface area contributed by atoms with E-state index in [-0.39, 0.29) is 12.1 Å². The molecule has 0 saturated carbocycles. The minimum Gasteiger partial charge on any atom is -0.462 e. The largest absolute Gasteiger partial charge is 0.462 e. The van der Waals surface area contributed by atoms with E-state index in [0.717, 1.165) is 5.75 Å². The minimum absolute atomic E-state index is 0.114. The molecule has 1 aromatic carbocycles. The topological polar surface area (TPSA) is 47.6 Å². The third-order valence-corrected chi connectivity index (χ3v) is 3.62. The van der Waals surface area contributed by atoms with Gasteiger partial charge in [-0.3, -0.25) is 9.88 Å². The number of hydrogen-bond acceptors (Lipinski definition) is 4. The van der Waals surface area contributed by atoms with E-state index >= 15 is 0 Å². The molecule has 1 unspecified atom stereocenters. The summed E-state index contributed by atoms with van der Waals surface area (Å²) in [6, 6.07) is 6.71. The number of carbonyl (C=O) groups excluding carboxylic acids is 1. The maximum Gasteiger partial charge on any atom is 0.323 e. The van der Waals surface area contributed by atoms with Crippen molar-refractivity contribution < 1.29 is 14.1 Å². The molecule has 1 aromatic rings. The lowest BCUT2D eigenvalue weighted by Crippen LogP contribution is -2.34. The summed E-state index contributed by atoms with van der Waals surface area (Å²) in [5.74, 6) is 0.444. The Morgan fingerprint density at radius 1 is 1.26 bits per heavy atom. The quantitative estimate of drug-likeness (QED) is 0.644. The molecule has 0 aliphatic rings. The summed E-state index contributed by atoms with van der Waals surface area (Å²) in [7, 11) is -0.957. The van der Waals surface area contributed by atoms with Crippen LogP contribution in [0.2, 0.25) is 5.02 Å². The molecule has 0 aliphatic heterocycles. The van der Waals surface area contributed by atoms with Gasteiger partial charge in [0, 0.05) is 11.7 Å². The SMILES string of the molecule is CC(C)OC(=O)[C@H](C)NP(C)Oc1ccc(Cl)cc1. The zero-order valence-corrected chi connectivity index (χ0v) is 13.2. The second-order valence-electron chi connectivity index (χ2n) is 4.38. The van der Waals surface area contributed by atoms with E-state index in [0.29, 0.717) is 5.02 Å². The number of halogens is 1. The third-order valence-electron chi connectivity index (χ3n) is 2.14. The van der Waals surface area contributed by atoms with Crippen LogP contribution in [0, 0.1) is 0 Å². The minimum atomic E-state index is -0.957. The number of benzene rings is 1. The first-order valence-corrected chi connectivity index (χ1v) is 8.11. The van der Waals surface area contributed by atoms with Crippen LogP contribution in [-0.4, -0.2) is 24.8 Å². The van der Waals surface area contributed by atoms with Crippen molar-refractivity contribution >= 4 is 25.9 Å². The van der Waals surface area contributed by atoms with Gasteiger partial charge in [0.05, 0.1) is 6.10 Å². The zero-order valence-electron chi connectivity index (χ0n) is 11.5. The summed E-state index contributed by atoms with van der Waals surface area (Å²) in [5.41, 5.74) is 0. The fourth-order valence-electron chi connectivity index (χ4n) is 1.34. The summed E-state index contributed by atoms with van der Waals surface area (Å²) in [6.45, 7) is 7.30. The van der Waals surface area contributed by atoms with E-state index in [1.807, 2.05) is 20.5 Å². The highest BCUT2D eigenvalue weighted by Gasteiger charge is 2.18. The van der Waals surface area contributed by atoms with Crippen LogP contribution < -0.4 is 9.61 Å². The van der Waals surface area contributed by atoms with Crippen LogP contribution in [0.3, 0.4) is 0 Å². The molecule has 0 fully saturated rings. The monoisotopic (exact) mass is 303 g/mol. The summed E-state index contributed by atoms with van der Waals surface area (Å²) in [4.78, 5) is 11.6. The van der Waals surface area contributed by atoms with E-state index in [4.69, 9.17) is 20.9 Å². The standard InChI is InChI=1S/C13H19ClNO3P/c1-9(2)17-13(16)10(3)15-19(4)18-12-7-5-11(14)6-8-12/h5-10,15H,1-4H3/t10-,19?/m0/s1. The first-order chi connectivity index (χ1) is 8.88. The van der Waals surface area contributed by atoms with Gasteiger partial charge in [-0.1, -0.05) is 11.6 Å². The van der Waals surface area contributed by atoms with E-state index in [2.05, 4.69) is 5.09 Å². The predicted octanol–water partition coefficient (Wildman–Crippen LogP) is 3.59. The van der Waals surface area contributed by atoms with Crippen molar-refractivity contribution in [2.24, 2.45) is 0 Å². The molecule has 0 aromatic heterocycles. The fourth-order valence-corrected chi connectivity index (χ4v) is 2.61. The van der Waals surface area contributed by atoms with Gasteiger partial charge in [0.15, 0.2) is 8.30 Å². The van der Waals surface area contributed by atoms with Crippen molar-refractivity contribution in [3.8, 4) is 5.75 Å². The van der Waals surface area contributed by atoms with Crippen LogP contribution in [0.1, 0.15) is 20.8 Å². The molecule has 1 N–H and O–H groups in total. The van der Waals surface area contributed by atoms with E-state index in [9.17, 15) is 4.79 Å². The average molecular weight is 304 g/mol. The summed E-state index contributed by atoms with van der Waals surface area (Å²) in [6.07, 6.45) is -0.114. The molecule has 106 valence electrons. The maximum atomic E-state index is 11.6. The molecular formula is C13H19ClNO3P. The number of rotatable bonds is 6. The second kappa shape index (κ2) is 7.68. The van der Waals surface area contributed by atoms with Gasteiger partial charge in [0.25, 0.3) is 0 Å². The Labute approximate surface area is 120 Å². The molecule has 2 atom stereocenters. The lowest BCUT2D eigenvalue weighted by Gasteiger charge is -2.20. The van der Waals surface area contributed by atoms with E-state index in [1.54, 1.807) is 31.2 Å². The van der Waals surface area contributed by atoms with Crippen molar-refractivity contribution in [2.45, 2.75) is 32.9 Å². The van der Waals surface area contributed by atoms with Crippen molar-refractivity contribution in [3.63, 3.8) is 0 Å². The Morgan fingerprint density at radius 2 is 1.84 bits per heavy atom. The first-order valence-electron chi connectivity index (χ1n) is 6.02. The molecular weight excluding hydrogens is 285 g/mol. The van der Waals surface area contributed by atoms with Crippen LogP contribution in [0.4, 0.5) is 0 Å². The summed E-state index contributed by atoms with van der Waals surface area (Å²) >= 11 is 5.80. The van der Waals surface area contributed by atoms with Crippen LogP contribution in [0.15, 0.2) is 24.3 Å². The number of carbonyl (C=O) groups is 1. The number of ether oxygens (including phenoxy) is 1. The summed E-state index contributed by atoms with van der Waals surface area (Å²) in [5, 5.41) is 3.74. The van der Waals surface area contributed by atoms with Gasteiger partial charge in [0.1, 0.15) is 11.8 Å². The Morgan fingerprint density at radius 3 is 2.37 bits per heavy atom. The number of nitrogens with one attached hydrogen (secondary N) is 1.